The Bertz CT molecular complexity index is 809. The number of nitrogens with zero attached hydrogens (tertiary/aromatic N) is 1. The van der Waals surface area contributed by atoms with Crippen molar-refractivity contribution in [1.82, 2.24) is 4.98 Å². The second-order valence-corrected chi connectivity index (χ2v) is 7.25. The minimum atomic E-state index is -0.499. The summed E-state index contributed by atoms with van der Waals surface area (Å²) >= 11 is 0. The van der Waals surface area contributed by atoms with Crippen LogP contribution in [0.15, 0.2) is 30.5 Å². The van der Waals surface area contributed by atoms with E-state index in [0.29, 0.717) is 5.92 Å². The van der Waals surface area contributed by atoms with Crippen LogP contribution < -0.4 is 0 Å². The zero-order valence-corrected chi connectivity index (χ0v) is 14.1. The number of carbonyl (C=O) groups is 1. The first-order chi connectivity index (χ1) is 11.0. The summed E-state index contributed by atoms with van der Waals surface area (Å²) in [5.74, 6) is 0.902. The molecule has 2 aliphatic carbocycles. The minimum absolute atomic E-state index is 0. The molecule has 0 amide bonds. The van der Waals surface area contributed by atoms with E-state index < -0.39 is 5.41 Å². The van der Waals surface area contributed by atoms with Crippen molar-refractivity contribution in [2.45, 2.75) is 57.8 Å². The van der Waals surface area contributed by atoms with Gasteiger partial charge in [0.2, 0.25) is 0 Å². The Morgan fingerprint density at radius 3 is 2.74 bits per heavy atom. The van der Waals surface area contributed by atoms with Crippen molar-refractivity contribution >= 4 is 5.78 Å². The van der Waals surface area contributed by atoms with Crippen LogP contribution in [0.25, 0.3) is 0 Å². The third-order valence-electron chi connectivity index (χ3n) is 5.90. The summed E-state index contributed by atoms with van der Waals surface area (Å²) in [6.07, 6.45) is 6.38. The van der Waals surface area contributed by atoms with Gasteiger partial charge in [0.25, 0.3) is 0 Å². The number of aryl methyl sites for hydroxylation is 2. The smallest absolute Gasteiger partial charge is 0.144 e. The van der Waals surface area contributed by atoms with Gasteiger partial charge in [-0.3, -0.25) is 9.78 Å². The molecular weight excluding hydrogens is 282 g/mol. The summed E-state index contributed by atoms with van der Waals surface area (Å²) < 4.78 is 0. The van der Waals surface area contributed by atoms with E-state index in [1.807, 2.05) is 6.20 Å². The number of aromatic nitrogens is 1. The highest BCUT2D eigenvalue weighted by Crippen LogP contribution is 2.48. The number of benzene rings is 1. The Labute approximate surface area is 139 Å². The second kappa shape index (κ2) is 5.02. The first-order valence-electron chi connectivity index (χ1n) is 8.61. The molecule has 23 heavy (non-hydrogen) atoms. The number of Topliss-reactive ketones (excluding diaryl/α,β-unsaturated/α-hetero) is 1. The second-order valence-electron chi connectivity index (χ2n) is 7.25. The highest BCUT2D eigenvalue weighted by atomic mass is 16.1. The Hall–Kier alpha value is -1.96. The maximum Gasteiger partial charge on any atom is 0.144 e. The van der Waals surface area contributed by atoms with Gasteiger partial charge in [0.15, 0.2) is 0 Å². The van der Waals surface area contributed by atoms with Crippen LogP contribution >= 0.6 is 0 Å². The molecule has 0 unspecified atom stereocenters. The minimum Gasteiger partial charge on any atom is -0.299 e. The Kier molecular flexibility index (Phi) is 3.19. The molecule has 1 saturated carbocycles. The Morgan fingerprint density at radius 2 is 2.04 bits per heavy atom. The fraction of sp³-hybridized carbons (Fsp3) is 0.429. The molecule has 0 spiro atoms. The largest absolute Gasteiger partial charge is 0.299 e. The first-order valence-corrected chi connectivity index (χ1v) is 8.61. The van der Waals surface area contributed by atoms with E-state index in [-0.39, 0.29) is 7.21 Å². The summed E-state index contributed by atoms with van der Waals surface area (Å²) in [4.78, 5) is 17.5. The van der Waals surface area contributed by atoms with E-state index in [1.54, 1.807) is 6.92 Å². The van der Waals surface area contributed by atoms with Gasteiger partial charge < -0.3 is 0 Å². The molecule has 2 aliphatic rings. The van der Waals surface area contributed by atoms with Gasteiger partial charge in [-0.05, 0) is 80.3 Å². The van der Waals surface area contributed by atoms with E-state index in [4.69, 9.17) is 4.98 Å². The maximum atomic E-state index is 12.8. The Morgan fingerprint density at radius 1 is 1.26 bits per heavy atom. The number of ketones is 1. The topological polar surface area (TPSA) is 30.0 Å². The monoisotopic (exact) mass is 307 g/mol. The molecule has 0 radical (unpaired) electrons. The van der Waals surface area contributed by atoms with Gasteiger partial charge in [-0.1, -0.05) is 18.2 Å². The molecular formula is C21H25NO. The zero-order chi connectivity index (χ0) is 16.2. The number of carbonyl (C=O) groups excluding carboxylic acids is 1. The molecule has 0 saturated heterocycles. The van der Waals surface area contributed by atoms with Crippen molar-refractivity contribution in [1.29, 1.82) is 0 Å². The van der Waals surface area contributed by atoms with Crippen molar-refractivity contribution in [3.63, 3.8) is 0 Å². The van der Waals surface area contributed by atoms with Crippen molar-refractivity contribution in [3.05, 3.63) is 64.0 Å². The van der Waals surface area contributed by atoms with E-state index in [2.05, 4.69) is 38.1 Å². The number of fused-ring (bicyclic) bond motifs is 1. The van der Waals surface area contributed by atoms with Crippen LogP contribution in [-0.2, 0) is 16.6 Å². The van der Waals surface area contributed by atoms with Crippen LogP contribution in [0.5, 0.6) is 0 Å². The predicted octanol–water partition coefficient (Wildman–Crippen LogP) is 4.64. The molecule has 2 heteroatoms. The number of hydrogen-bond acceptors (Lipinski definition) is 2. The number of hydrogen-bond donors (Lipinski definition) is 0. The average molecular weight is 307 g/mol. The van der Waals surface area contributed by atoms with Crippen LogP contribution in [0.3, 0.4) is 0 Å². The third kappa shape index (κ3) is 2.08. The van der Waals surface area contributed by atoms with Gasteiger partial charge in [-0.2, -0.15) is 0 Å². The third-order valence-corrected chi connectivity index (χ3v) is 5.90. The SMILES string of the molecule is CC(=O)[C@]1(c2cccc(C)c2C)CCc2cc(C3CC3)ncc21.[HH]. The van der Waals surface area contributed by atoms with Crippen LogP contribution in [0.4, 0.5) is 0 Å². The van der Waals surface area contributed by atoms with Gasteiger partial charge >= 0.3 is 0 Å². The quantitative estimate of drug-likeness (QED) is 0.826. The molecule has 1 fully saturated rings. The zero-order valence-electron chi connectivity index (χ0n) is 14.1. The van der Waals surface area contributed by atoms with Crippen molar-refractivity contribution in [2.24, 2.45) is 0 Å². The van der Waals surface area contributed by atoms with Crippen molar-refractivity contribution in [3.8, 4) is 0 Å². The molecule has 2 aromatic rings. The average Bonchev–Trinajstić information content (AvgIpc) is 3.31. The van der Waals surface area contributed by atoms with E-state index in [9.17, 15) is 4.79 Å². The molecule has 2 nitrogen and oxygen atoms in total. The predicted molar refractivity (Wildman–Crippen MR) is 94.0 cm³/mol. The van der Waals surface area contributed by atoms with Gasteiger partial charge in [-0.15, -0.1) is 0 Å². The lowest BCUT2D eigenvalue weighted by molar-refractivity contribution is -0.121. The highest BCUT2D eigenvalue weighted by molar-refractivity contribution is 5.93. The molecule has 120 valence electrons. The van der Waals surface area contributed by atoms with E-state index in [1.165, 1.54) is 40.8 Å². The first kappa shape index (κ1) is 14.6. The van der Waals surface area contributed by atoms with E-state index in [0.717, 1.165) is 18.4 Å². The summed E-state index contributed by atoms with van der Waals surface area (Å²) in [5, 5.41) is 0. The fourth-order valence-electron chi connectivity index (χ4n) is 4.21. The fourth-order valence-corrected chi connectivity index (χ4v) is 4.21. The van der Waals surface area contributed by atoms with Crippen LogP contribution in [0.2, 0.25) is 0 Å². The molecule has 4 rings (SSSR count). The summed E-state index contributed by atoms with van der Waals surface area (Å²) in [7, 11) is 0. The van der Waals surface area contributed by atoms with Crippen molar-refractivity contribution in [2.75, 3.05) is 0 Å². The summed E-state index contributed by atoms with van der Waals surface area (Å²) in [5.41, 5.74) is 6.86. The lowest BCUT2D eigenvalue weighted by Crippen LogP contribution is -2.34. The number of pyridine rings is 1. The van der Waals surface area contributed by atoms with Gasteiger partial charge in [0.05, 0.1) is 5.41 Å². The summed E-state index contributed by atoms with van der Waals surface area (Å²) in [6.45, 7) is 6.00. The Balaban J connectivity index is 0.00000169. The standard InChI is InChI=1S/C21H23NO.H2/c1-13-5-4-6-18(14(13)2)21(15(3)23)10-9-17-11-20(16-7-8-16)22-12-19(17)21;/h4-6,11-12,16H,7-10H2,1-3H3;1H/t21-;/m0./s1. The molecule has 1 heterocycles. The maximum absolute atomic E-state index is 12.8. The molecule has 1 aromatic heterocycles. The molecule has 1 aromatic carbocycles. The normalized spacial score (nSPS) is 22.9. The van der Waals surface area contributed by atoms with Crippen LogP contribution in [0.1, 0.15) is 67.0 Å². The van der Waals surface area contributed by atoms with Crippen molar-refractivity contribution < 1.29 is 6.22 Å². The van der Waals surface area contributed by atoms with Gasteiger partial charge in [-0.25, -0.2) is 0 Å². The lowest BCUT2D eigenvalue weighted by Gasteiger charge is -2.30. The molecule has 0 bridgehead atoms. The van der Waals surface area contributed by atoms with Gasteiger partial charge in [0.1, 0.15) is 5.78 Å². The molecule has 0 N–H and O–H groups in total. The van der Waals surface area contributed by atoms with Gasteiger partial charge in [0, 0.05) is 19.2 Å². The lowest BCUT2D eigenvalue weighted by atomic mass is 9.71. The molecule has 1 atom stereocenters. The summed E-state index contributed by atoms with van der Waals surface area (Å²) in [6, 6.07) is 8.60. The highest BCUT2D eigenvalue weighted by Gasteiger charge is 2.46. The molecule has 0 aliphatic heterocycles. The van der Waals surface area contributed by atoms with E-state index >= 15 is 0 Å². The van der Waals surface area contributed by atoms with Crippen LogP contribution in [-0.4, -0.2) is 10.8 Å². The number of rotatable bonds is 3. The van der Waals surface area contributed by atoms with Crippen LogP contribution in [0, 0.1) is 13.8 Å².